The van der Waals surface area contributed by atoms with E-state index in [2.05, 4.69) is 9.64 Å². The molecule has 9 heteroatoms. The average molecular weight is 440 g/mol. The molecule has 0 bridgehead atoms. The van der Waals surface area contributed by atoms with Crippen molar-refractivity contribution in [2.75, 3.05) is 19.7 Å². The number of piperazine rings is 1. The molecule has 0 unspecified atom stereocenters. The van der Waals surface area contributed by atoms with E-state index in [9.17, 15) is 22.4 Å². The molecular formula is C22H24F4N2O3. The summed E-state index contributed by atoms with van der Waals surface area (Å²) < 4.78 is 59.4. The number of hydrogen-bond donors (Lipinski definition) is 0. The highest BCUT2D eigenvalue weighted by atomic mass is 19.4. The van der Waals surface area contributed by atoms with Gasteiger partial charge in [-0.15, -0.1) is 13.2 Å². The number of amides is 1. The fourth-order valence-electron chi connectivity index (χ4n) is 3.58. The second-order valence-corrected chi connectivity index (χ2v) is 7.61. The standard InChI is InChI=1S/C22H24F4N2O3/c1-15-12-28(16(2)11-27(15)13-17-6-8-18(23)9-7-17)21(29)14-30-19-4-3-5-20(10-19)31-22(24,25)26/h3-10,15-16H,11-14H2,1-2H3/t15-,16+/m1/s1. The highest BCUT2D eigenvalue weighted by Gasteiger charge is 2.33. The minimum atomic E-state index is -4.80. The Morgan fingerprint density at radius 1 is 1.03 bits per heavy atom. The molecule has 0 spiro atoms. The van der Waals surface area contributed by atoms with E-state index in [0.29, 0.717) is 19.6 Å². The minimum Gasteiger partial charge on any atom is -0.484 e. The van der Waals surface area contributed by atoms with Crippen LogP contribution in [-0.2, 0) is 11.3 Å². The van der Waals surface area contributed by atoms with Gasteiger partial charge in [-0.05, 0) is 43.7 Å². The maximum Gasteiger partial charge on any atom is 0.573 e. The summed E-state index contributed by atoms with van der Waals surface area (Å²) in [5.41, 5.74) is 0.990. The third-order valence-electron chi connectivity index (χ3n) is 5.14. The smallest absolute Gasteiger partial charge is 0.484 e. The van der Waals surface area contributed by atoms with E-state index in [-0.39, 0.29) is 36.2 Å². The van der Waals surface area contributed by atoms with Crippen molar-refractivity contribution in [3.05, 3.63) is 59.9 Å². The summed E-state index contributed by atoms with van der Waals surface area (Å²) in [6.45, 7) is 5.43. The number of ether oxygens (including phenoxy) is 2. The van der Waals surface area contributed by atoms with E-state index in [1.54, 1.807) is 17.0 Å². The van der Waals surface area contributed by atoms with Crippen molar-refractivity contribution in [3.8, 4) is 11.5 Å². The molecule has 2 atom stereocenters. The normalized spacial score (nSPS) is 19.9. The van der Waals surface area contributed by atoms with Crippen LogP contribution in [0.5, 0.6) is 11.5 Å². The van der Waals surface area contributed by atoms with Crippen LogP contribution < -0.4 is 9.47 Å². The SMILES string of the molecule is C[C@@H]1CN(C(=O)COc2cccc(OC(F)(F)F)c2)[C@@H](C)CN1Cc1ccc(F)cc1. The zero-order valence-electron chi connectivity index (χ0n) is 17.2. The van der Waals surface area contributed by atoms with Gasteiger partial charge in [0.1, 0.15) is 17.3 Å². The number of carbonyl (C=O) groups is 1. The summed E-state index contributed by atoms with van der Waals surface area (Å²) in [5.74, 6) is -0.821. The van der Waals surface area contributed by atoms with Gasteiger partial charge in [0.05, 0.1) is 0 Å². The van der Waals surface area contributed by atoms with Crippen LogP contribution in [0, 0.1) is 5.82 Å². The second kappa shape index (κ2) is 9.55. The van der Waals surface area contributed by atoms with Gasteiger partial charge in [0, 0.05) is 37.8 Å². The van der Waals surface area contributed by atoms with Crippen LogP contribution in [0.25, 0.3) is 0 Å². The molecule has 1 aliphatic rings. The summed E-state index contributed by atoms with van der Waals surface area (Å²) in [6.07, 6.45) is -4.80. The van der Waals surface area contributed by atoms with Crippen molar-refractivity contribution >= 4 is 5.91 Å². The molecule has 3 rings (SSSR count). The Hall–Kier alpha value is -2.81. The summed E-state index contributed by atoms with van der Waals surface area (Å²) in [7, 11) is 0. The lowest BCUT2D eigenvalue weighted by molar-refractivity contribution is -0.274. The Bertz CT molecular complexity index is 889. The average Bonchev–Trinajstić information content (AvgIpc) is 2.69. The van der Waals surface area contributed by atoms with Gasteiger partial charge in [-0.25, -0.2) is 4.39 Å². The zero-order chi connectivity index (χ0) is 22.6. The van der Waals surface area contributed by atoms with Crippen LogP contribution in [0.4, 0.5) is 17.6 Å². The maximum absolute atomic E-state index is 13.1. The van der Waals surface area contributed by atoms with Crippen molar-refractivity contribution in [1.29, 1.82) is 0 Å². The highest BCUT2D eigenvalue weighted by Crippen LogP contribution is 2.26. The molecule has 1 heterocycles. The van der Waals surface area contributed by atoms with E-state index in [1.807, 2.05) is 13.8 Å². The first-order chi connectivity index (χ1) is 14.6. The van der Waals surface area contributed by atoms with Gasteiger partial charge < -0.3 is 14.4 Å². The minimum absolute atomic E-state index is 0.0763. The molecule has 2 aromatic carbocycles. The lowest BCUT2D eigenvalue weighted by Crippen LogP contribution is -2.58. The van der Waals surface area contributed by atoms with Crippen LogP contribution in [0.3, 0.4) is 0 Å². The van der Waals surface area contributed by atoms with Crippen LogP contribution in [0.2, 0.25) is 0 Å². The van der Waals surface area contributed by atoms with Gasteiger partial charge in [0.15, 0.2) is 6.61 Å². The Kier molecular flexibility index (Phi) is 7.04. The van der Waals surface area contributed by atoms with Gasteiger partial charge in [0.2, 0.25) is 0 Å². The molecule has 2 aromatic rings. The topological polar surface area (TPSA) is 42.0 Å². The molecule has 0 saturated carbocycles. The lowest BCUT2D eigenvalue weighted by atomic mass is 10.1. The number of benzene rings is 2. The summed E-state index contributed by atoms with van der Waals surface area (Å²) >= 11 is 0. The Morgan fingerprint density at radius 2 is 1.71 bits per heavy atom. The van der Waals surface area contributed by atoms with Crippen LogP contribution >= 0.6 is 0 Å². The molecule has 31 heavy (non-hydrogen) atoms. The van der Waals surface area contributed by atoms with Crippen molar-refractivity contribution in [2.45, 2.75) is 38.8 Å². The highest BCUT2D eigenvalue weighted by molar-refractivity contribution is 5.78. The lowest BCUT2D eigenvalue weighted by Gasteiger charge is -2.44. The van der Waals surface area contributed by atoms with E-state index >= 15 is 0 Å². The van der Waals surface area contributed by atoms with E-state index in [4.69, 9.17) is 4.74 Å². The largest absolute Gasteiger partial charge is 0.573 e. The number of hydrogen-bond acceptors (Lipinski definition) is 4. The monoisotopic (exact) mass is 440 g/mol. The molecule has 0 aromatic heterocycles. The van der Waals surface area contributed by atoms with E-state index < -0.39 is 12.1 Å². The summed E-state index contributed by atoms with van der Waals surface area (Å²) in [6, 6.07) is 11.4. The number of alkyl halides is 3. The van der Waals surface area contributed by atoms with Gasteiger partial charge in [-0.3, -0.25) is 9.69 Å². The number of rotatable bonds is 6. The molecular weight excluding hydrogens is 416 g/mol. The fraction of sp³-hybridized carbons (Fsp3) is 0.409. The Morgan fingerprint density at radius 3 is 2.39 bits per heavy atom. The van der Waals surface area contributed by atoms with Gasteiger partial charge >= 0.3 is 6.36 Å². The first-order valence-electron chi connectivity index (χ1n) is 9.87. The molecule has 0 aliphatic carbocycles. The van der Waals surface area contributed by atoms with Crippen molar-refractivity contribution in [1.82, 2.24) is 9.80 Å². The van der Waals surface area contributed by atoms with E-state index in [1.165, 1.54) is 24.3 Å². The molecule has 0 radical (unpaired) electrons. The fourth-order valence-corrected chi connectivity index (χ4v) is 3.58. The zero-order valence-corrected chi connectivity index (χ0v) is 17.2. The first kappa shape index (κ1) is 22.9. The Labute approximate surface area is 178 Å². The molecule has 1 amide bonds. The van der Waals surface area contributed by atoms with Gasteiger partial charge in [-0.1, -0.05) is 18.2 Å². The van der Waals surface area contributed by atoms with Gasteiger partial charge in [-0.2, -0.15) is 0 Å². The maximum atomic E-state index is 13.1. The number of halogens is 4. The first-order valence-corrected chi connectivity index (χ1v) is 9.87. The molecule has 1 aliphatic heterocycles. The Balaban J connectivity index is 1.54. The van der Waals surface area contributed by atoms with Crippen LogP contribution in [0.1, 0.15) is 19.4 Å². The van der Waals surface area contributed by atoms with Crippen LogP contribution in [0.15, 0.2) is 48.5 Å². The molecule has 5 nitrogen and oxygen atoms in total. The van der Waals surface area contributed by atoms with E-state index in [0.717, 1.165) is 17.7 Å². The molecule has 1 fully saturated rings. The third kappa shape index (κ3) is 6.58. The predicted octanol–water partition coefficient (Wildman–Crippen LogP) is 4.22. The summed E-state index contributed by atoms with van der Waals surface area (Å²) in [5, 5.41) is 0. The predicted molar refractivity (Wildman–Crippen MR) is 106 cm³/mol. The van der Waals surface area contributed by atoms with Crippen LogP contribution in [-0.4, -0.2) is 53.8 Å². The number of carbonyl (C=O) groups excluding carboxylic acids is 1. The molecule has 168 valence electrons. The summed E-state index contributed by atoms with van der Waals surface area (Å²) in [4.78, 5) is 16.6. The second-order valence-electron chi connectivity index (χ2n) is 7.61. The quantitative estimate of drug-likeness (QED) is 0.631. The van der Waals surface area contributed by atoms with Crippen molar-refractivity contribution in [3.63, 3.8) is 0 Å². The third-order valence-corrected chi connectivity index (χ3v) is 5.14. The molecule has 1 saturated heterocycles. The van der Waals surface area contributed by atoms with Crippen molar-refractivity contribution in [2.24, 2.45) is 0 Å². The molecule has 0 N–H and O–H groups in total. The van der Waals surface area contributed by atoms with Gasteiger partial charge in [0.25, 0.3) is 5.91 Å². The van der Waals surface area contributed by atoms with Crippen molar-refractivity contribution < 1.29 is 31.8 Å². The number of nitrogens with zero attached hydrogens (tertiary/aromatic N) is 2.